The summed E-state index contributed by atoms with van der Waals surface area (Å²) in [6.07, 6.45) is 4.07. The fourth-order valence-corrected chi connectivity index (χ4v) is 2.14. The Bertz CT molecular complexity index is 428. The second kappa shape index (κ2) is 5.91. The largest absolute Gasteiger partial charge is 0.462 e. The molecule has 2 rings (SSSR count). The molecule has 0 saturated carbocycles. The Morgan fingerprint density at radius 2 is 2.17 bits per heavy atom. The summed E-state index contributed by atoms with van der Waals surface area (Å²) in [5.41, 5.74) is 1.15. The normalized spacial score (nSPS) is 15.9. The van der Waals surface area contributed by atoms with E-state index in [1.54, 1.807) is 13.1 Å². The van der Waals surface area contributed by atoms with E-state index in [9.17, 15) is 4.79 Å². The first kappa shape index (κ1) is 13.0. The fraction of sp³-hybridized carbons (Fsp3) is 0.615. The number of hydrogen-bond acceptors (Lipinski definition) is 5. The molecule has 1 aliphatic rings. The summed E-state index contributed by atoms with van der Waals surface area (Å²) >= 11 is 0. The SMILES string of the molecule is CCOC(=O)c1cnc(CN2CCCC2)nc1C. The van der Waals surface area contributed by atoms with Crippen molar-refractivity contribution >= 4 is 5.97 Å². The standard InChI is InChI=1S/C13H19N3O2/c1-3-18-13(17)11-8-14-12(15-10(11)2)9-16-6-4-5-7-16/h8H,3-7,9H2,1-2H3. The summed E-state index contributed by atoms with van der Waals surface area (Å²) in [5, 5.41) is 0. The van der Waals surface area contributed by atoms with Gasteiger partial charge < -0.3 is 4.74 Å². The number of ether oxygens (including phenoxy) is 1. The zero-order valence-electron chi connectivity index (χ0n) is 11.0. The first-order valence-electron chi connectivity index (χ1n) is 6.42. The molecule has 98 valence electrons. The maximum atomic E-state index is 11.6. The van der Waals surface area contributed by atoms with Crippen molar-refractivity contribution in [1.29, 1.82) is 0 Å². The molecule has 5 nitrogen and oxygen atoms in total. The van der Waals surface area contributed by atoms with Gasteiger partial charge >= 0.3 is 5.97 Å². The van der Waals surface area contributed by atoms with Crippen molar-refractivity contribution in [1.82, 2.24) is 14.9 Å². The number of esters is 1. The Morgan fingerprint density at radius 3 is 2.78 bits per heavy atom. The van der Waals surface area contributed by atoms with E-state index in [2.05, 4.69) is 14.9 Å². The van der Waals surface area contributed by atoms with Crippen LogP contribution in [0.5, 0.6) is 0 Å². The lowest BCUT2D eigenvalue weighted by Crippen LogP contribution is -2.21. The van der Waals surface area contributed by atoms with Crippen LogP contribution in [0.25, 0.3) is 0 Å². The molecule has 2 heterocycles. The molecule has 1 saturated heterocycles. The van der Waals surface area contributed by atoms with Gasteiger partial charge in [-0.2, -0.15) is 0 Å². The van der Waals surface area contributed by atoms with Crippen molar-refractivity contribution < 1.29 is 9.53 Å². The van der Waals surface area contributed by atoms with E-state index in [-0.39, 0.29) is 5.97 Å². The maximum Gasteiger partial charge on any atom is 0.341 e. The van der Waals surface area contributed by atoms with Gasteiger partial charge in [-0.15, -0.1) is 0 Å². The Morgan fingerprint density at radius 1 is 1.44 bits per heavy atom. The molecule has 0 N–H and O–H groups in total. The molecule has 0 spiro atoms. The van der Waals surface area contributed by atoms with E-state index < -0.39 is 0 Å². The predicted molar refractivity (Wildman–Crippen MR) is 67.2 cm³/mol. The van der Waals surface area contributed by atoms with Crippen molar-refractivity contribution in [3.63, 3.8) is 0 Å². The molecule has 0 amide bonds. The molecule has 0 aromatic carbocycles. The van der Waals surface area contributed by atoms with Crippen LogP contribution in [-0.2, 0) is 11.3 Å². The zero-order valence-corrected chi connectivity index (χ0v) is 11.0. The minimum Gasteiger partial charge on any atom is -0.462 e. The van der Waals surface area contributed by atoms with Gasteiger partial charge in [-0.25, -0.2) is 14.8 Å². The molecule has 0 unspecified atom stereocenters. The van der Waals surface area contributed by atoms with Crippen molar-refractivity contribution in [2.24, 2.45) is 0 Å². The van der Waals surface area contributed by atoms with Crippen LogP contribution >= 0.6 is 0 Å². The summed E-state index contributed by atoms with van der Waals surface area (Å²) in [6.45, 7) is 6.97. The third-order valence-corrected chi connectivity index (χ3v) is 3.09. The Hall–Kier alpha value is -1.49. The molecule has 0 bridgehead atoms. The average molecular weight is 249 g/mol. The van der Waals surface area contributed by atoms with Crippen LogP contribution < -0.4 is 0 Å². The summed E-state index contributed by atoms with van der Waals surface area (Å²) < 4.78 is 4.95. The number of aromatic nitrogens is 2. The van der Waals surface area contributed by atoms with Crippen LogP contribution in [-0.4, -0.2) is 40.5 Å². The minimum absolute atomic E-state index is 0.345. The summed E-state index contributed by atoms with van der Waals surface area (Å²) in [5.74, 6) is 0.435. The molecule has 0 aliphatic carbocycles. The Labute approximate surface area is 107 Å². The van der Waals surface area contributed by atoms with E-state index in [4.69, 9.17) is 4.74 Å². The van der Waals surface area contributed by atoms with Crippen molar-refractivity contribution in [2.45, 2.75) is 33.2 Å². The van der Waals surface area contributed by atoms with Gasteiger partial charge in [0.1, 0.15) is 5.82 Å². The van der Waals surface area contributed by atoms with Crippen LogP contribution in [0.2, 0.25) is 0 Å². The molecule has 0 atom stereocenters. The number of rotatable bonds is 4. The van der Waals surface area contributed by atoms with Gasteiger partial charge in [0.05, 0.1) is 24.4 Å². The number of hydrogen-bond donors (Lipinski definition) is 0. The van der Waals surface area contributed by atoms with Gasteiger partial charge in [-0.1, -0.05) is 0 Å². The molecule has 1 aromatic rings. The molecule has 1 aliphatic heterocycles. The molecule has 0 radical (unpaired) electrons. The molecule has 1 aromatic heterocycles. The summed E-state index contributed by atoms with van der Waals surface area (Å²) in [6, 6.07) is 0. The first-order valence-corrected chi connectivity index (χ1v) is 6.42. The number of nitrogens with zero attached hydrogens (tertiary/aromatic N) is 3. The molecular formula is C13H19N3O2. The second-order valence-electron chi connectivity index (χ2n) is 4.49. The predicted octanol–water partition coefficient (Wildman–Crippen LogP) is 1.56. The van der Waals surface area contributed by atoms with Crippen LogP contribution in [0, 0.1) is 6.92 Å². The quantitative estimate of drug-likeness (QED) is 0.758. The highest BCUT2D eigenvalue weighted by molar-refractivity contribution is 5.90. The van der Waals surface area contributed by atoms with Crippen LogP contribution in [0.1, 0.15) is 41.6 Å². The summed E-state index contributed by atoms with van der Waals surface area (Å²) in [4.78, 5) is 22.6. The molecule has 5 heteroatoms. The number of carbonyl (C=O) groups is 1. The minimum atomic E-state index is -0.345. The number of likely N-dealkylation sites (tertiary alicyclic amines) is 1. The van der Waals surface area contributed by atoms with E-state index in [0.717, 1.165) is 25.5 Å². The van der Waals surface area contributed by atoms with Crippen LogP contribution in [0.15, 0.2) is 6.20 Å². The zero-order chi connectivity index (χ0) is 13.0. The molecule has 1 fully saturated rings. The Balaban J connectivity index is 2.06. The van der Waals surface area contributed by atoms with Gasteiger partial charge in [-0.05, 0) is 39.8 Å². The van der Waals surface area contributed by atoms with Gasteiger partial charge in [0.15, 0.2) is 0 Å². The monoisotopic (exact) mass is 249 g/mol. The molecular weight excluding hydrogens is 230 g/mol. The Kier molecular flexibility index (Phi) is 4.25. The lowest BCUT2D eigenvalue weighted by Gasteiger charge is -2.13. The topological polar surface area (TPSA) is 55.3 Å². The maximum absolute atomic E-state index is 11.6. The van der Waals surface area contributed by atoms with Gasteiger partial charge in [-0.3, -0.25) is 4.90 Å². The van der Waals surface area contributed by atoms with Crippen LogP contribution in [0.3, 0.4) is 0 Å². The first-order chi connectivity index (χ1) is 8.70. The fourth-order valence-electron chi connectivity index (χ4n) is 2.14. The van der Waals surface area contributed by atoms with Crippen LogP contribution in [0.4, 0.5) is 0 Å². The van der Waals surface area contributed by atoms with E-state index in [1.807, 2.05) is 6.92 Å². The number of aryl methyl sites for hydroxylation is 1. The highest BCUT2D eigenvalue weighted by atomic mass is 16.5. The lowest BCUT2D eigenvalue weighted by molar-refractivity contribution is 0.0524. The van der Waals surface area contributed by atoms with Crippen molar-refractivity contribution in [3.8, 4) is 0 Å². The smallest absolute Gasteiger partial charge is 0.341 e. The molecule has 18 heavy (non-hydrogen) atoms. The van der Waals surface area contributed by atoms with Gasteiger partial charge in [0.25, 0.3) is 0 Å². The van der Waals surface area contributed by atoms with Crippen molar-refractivity contribution in [3.05, 3.63) is 23.3 Å². The van der Waals surface area contributed by atoms with E-state index in [0.29, 0.717) is 17.9 Å². The van der Waals surface area contributed by atoms with E-state index >= 15 is 0 Å². The van der Waals surface area contributed by atoms with Gasteiger partial charge in [0, 0.05) is 6.20 Å². The second-order valence-corrected chi connectivity index (χ2v) is 4.49. The third kappa shape index (κ3) is 3.04. The highest BCUT2D eigenvalue weighted by Crippen LogP contribution is 2.12. The van der Waals surface area contributed by atoms with E-state index in [1.165, 1.54) is 12.8 Å². The highest BCUT2D eigenvalue weighted by Gasteiger charge is 2.16. The summed E-state index contributed by atoms with van der Waals surface area (Å²) in [7, 11) is 0. The third-order valence-electron chi connectivity index (χ3n) is 3.09. The van der Waals surface area contributed by atoms with Gasteiger partial charge in [0.2, 0.25) is 0 Å². The average Bonchev–Trinajstić information content (AvgIpc) is 2.82. The lowest BCUT2D eigenvalue weighted by atomic mass is 10.2. The van der Waals surface area contributed by atoms with Crippen molar-refractivity contribution in [2.75, 3.05) is 19.7 Å². The number of carbonyl (C=O) groups excluding carboxylic acids is 1.